The average Bonchev–Trinajstić information content (AvgIpc) is 3.38. The van der Waals surface area contributed by atoms with E-state index in [0.29, 0.717) is 17.5 Å². The SMILES string of the molecule is c1ccc2cc(-c3nc(-c4ccc5c(c4)oc4ccccc45)nc(-c4cccc5ccccc45)n3)ccc2c1. The van der Waals surface area contributed by atoms with Gasteiger partial charge in [0, 0.05) is 27.5 Å². The van der Waals surface area contributed by atoms with Gasteiger partial charge in [0.05, 0.1) is 0 Å². The van der Waals surface area contributed by atoms with Crippen LogP contribution in [0.2, 0.25) is 0 Å². The van der Waals surface area contributed by atoms with Crippen LogP contribution in [0.3, 0.4) is 0 Å². The van der Waals surface area contributed by atoms with Crippen LogP contribution in [0.25, 0.3) is 77.6 Å². The van der Waals surface area contributed by atoms with Gasteiger partial charge in [0.2, 0.25) is 0 Å². The highest BCUT2D eigenvalue weighted by Gasteiger charge is 2.16. The van der Waals surface area contributed by atoms with E-state index in [1.54, 1.807) is 0 Å². The Morgan fingerprint density at radius 3 is 1.87 bits per heavy atom. The van der Waals surface area contributed by atoms with Crippen LogP contribution < -0.4 is 0 Å². The maximum Gasteiger partial charge on any atom is 0.164 e. The van der Waals surface area contributed by atoms with Gasteiger partial charge in [-0.05, 0) is 45.8 Å². The number of furan rings is 1. The molecule has 0 saturated carbocycles. The van der Waals surface area contributed by atoms with Crippen LogP contribution in [0, 0.1) is 0 Å². The van der Waals surface area contributed by atoms with E-state index in [9.17, 15) is 0 Å². The predicted octanol–water partition coefficient (Wildman–Crippen LogP) is 9.08. The maximum atomic E-state index is 6.18. The molecule has 0 radical (unpaired) electrons. The molecule has 2 heterocycles. The fourth-order valence-corrected chi connectivity index (χ4v) is 5.37. The highest BCUT2D eigenvalue weighted by atomic mass is 16.3. The van der Waals surface area contributed by atoms with Crippen molar-refractivity contribution >= 4 is 43.5 Å². The third kappa shape index (κ3) is 3.65. The van der Waals surface area contributed by atoms with Gasteiger partial charge in [-0.25, -0.2) is 15.0 Å². The third-order valence-corrected chi connectivity index (χ3v) is 7.31. The average molecular weight is 500 g/mol. The summed E-state index contributed by atoms with van der Waals surface area (Å²) in [5.41, 5.74) is 4.49. The summed E-state index contributed by atoms with van der Waals surface area (Å²) in [6.45, 7) is 0. The molecule has 0 aliphatic carbocycles. The molecule has 6 aromatic carbocycles. The van der Waals surface area contributed by atoms with E-state index in [1.807, 2.05) is 36.4 Å². The highest BCUT2D eigenvalue weighted by Crippen LogP contribution is 2.34. The Morgan fingerprint density at radius 2 is 1.00 bits per heavy atom. The fourth-order valence-electron chi connectivity index (χ4n) is 5.37. The minimum Gasteiger partial charge on any atom is -0.456 e. The van der Waals surface area contributed by atoms with Crippen LogP contribution in [0.4, 0.5) is 0 Å². The van der Waals surface area contributed by atoms with Crippen molar-refractivity contribution in [3.8, 4) is 34.2 Å². The van der Waals surface area contributed by atoms with Gasteiger partial charge >= 0.3 is 0 Å². The molecule has 0 atom stereocenters. The summed E-state index contributed by atoms with van der Waals surface area (Å²) in [5, 5.41) is 6.75. The van der Waals surface area contributed by atoms with Crippen molar-refractivity contribution in [1.29, 1.82) is 0 Å². The van der Waals surface area contributed by atoms with E-state index in [0.717, 1.165) is 54.8 Å². The normalized spacial score (nSPS) is 11.6. The molecule has 4 heteroatoms. The zero-order chi connectivity index (χ0) is 25.8. The second kappa shape index (κ2) is 8.61. The van der Waals surface area contributed by atoms with E-state index < -0.39 is 0 Å². The van der Waals surface area contributed by atoms with E-state index in [-0.39, 0.29) is 0 Å². The minimum absolute atomic E-state index is 0.610. The Morgan fingerprint density at radius 1 is 0.385 bits per heavy atom. The zero-order valence-corrected chi connectivity index (χ0v) is 20.9. The number of aromatic nitrogens is 3. The first-order chi connectivity index (χ1) is 19.3. The molecule has 0 amide bonds. The van der Waals surface area contributed by atoms with Crippen molar-refractivity contribution in [3.63, 3.8) is 0 Å². The van der Waals surface area contributed by atoms with Gasteiger partial charge in [-0.1, -0.05) is 103 Å². The summed E-state index contributed by atoms with van der Waals surface area (Å²) in [4.78, 5) is 15.0. The van der Waals surface area contributed by atoms with Crippen LogP contribution >= 0.6 is 0 Å². The van der Waals surface area contributed by atoms with Crippen molar-refractivity contribution in [1.82, 2.24) is 15.0 Å². The third-order valence-electron chi connectivity index (χ3n) is 7.31. The highest BCUT2D eigenvalue weighted by molar-refractivity contribution is 6.05. The lowest BCUT2D eigenvalue weighted by Crippen LogP contribution is -2.00. The number of fused-ring (bicyclic) bond motifs is 5. The lowest BCUT2D eigenvalue weighted by molar-refractivity contribution is 0.669. The van der Waals surface area contributed by atoms with E-state index >= 15 is 0 Å². The molecule has 0 fully saturated rings. The molecule has 2 aromatic heterocycles. The molecule has 0 aliphatic heterocycles. The number of rotatable bonds is 3. The van der Waals surface area contributed by atoms with Gasteiger partial charge in [-0.2, -0.15) is 0 Å². The van der Waals surface area contributed by atoms with Gasteiger partial charge < -0.3 is 4.42 Å². The van der Waals surface area contributed by atoms with E-state index in [1.165, 1.54) is 5.39 Å². The standard InChI is InChI=1S/C35H21N3O/c1-2-10-24-20-25(17-16-22(24)8-1)33-36-34(26-18-19-29-28-13-5-6-15-31(28)39-32(29)21-26)38-35(37-33)30-14-7-11-23-9-3-4-12-27(23)30/h1-21H. The number of hydrogen-bond donors (Lipinski definition) is 0. The first kappa shape index (κ1) is 21.7. The first-order valence-electron chi connectivity index (χ1n) is 13.0. The van der Waals surface area contributed by atoms with Gasteiger partial charge in [0.15, 0.2) is 17.5 Å². The Bertz CT molecular complexity index is 2190. The minimum atomic E-state index is 0.610. The van der Waals surface area contributed by atoms with Crippen LogP contribution in [-0.2, 0) is 0 Å². The number of hydrogen-bond acceptors (Lipinski definition) is 4. The molecule has 0 aliphatic rings. The summed E-state index contributed by atoms with van der Waals surface area (Å²) < 4.78 is 6.18. The summed E-state index contributed by atoms with van der Waals surface area (Å²) in [6, 6.07) is 43.5. The number of nitrogens with zero attached hydrogens (tertiary/aromatic N) is 3. The first-order valence-corrected chi connectivity index (χ1v) is 13.0. The van der Waals surface area contributed by atoms with E-state index in [2.05, 4.69) is 91.0 Å². The van der Waals surface area contributed by atoms with E-state index in [4.69, 9.17) is 19.4 Å². The predicted molar refractivity (Wildman–Crippen MR) is 158 cm³/mol. The lowest BCUT2D eigenvalue weighted by Gasteiger charge is -2.11. The number of benzene rings is 6. The second-order valence-electron chi connectivity index (χ2n) is 9.70. The molecule has 39 heavy (non-hydrogen) atoms. The zero-order valence-electron chi connectivity index (χ0n) is 20.9. The molecule has 4 nitrogen and oxygen atoms in total. The molecule has 182 valence electrons. The molecule has 0 N–H and O–H groups in total. The Balaban J connectivity index is 1.37. The number of para-hydroxylation sites is 1. The van der Waals surface area contributed by atoms with Crippen molar-refractivity contribution in [2.24, 2.45) is 0 Å². The maximum absolute atomic E-state index is 6.18. The molecule has 8 rings (SSSR count). The van der Waals surface area contributed by atoms with Crippen LogP contribution in [0.15, 0.2) is 132 Å². The van der Waals surface area contributed by atoms with Gasteiger partial charge in [-0.15, -0.1) is 0 Å². The van der Waals surface area contributed by atoms with Crippen molar-refractivity contribution in [2.75, 3.05) is 0 Å². The van der Waals surface area contributed by atoms with Crippen LogP contribution in [0.5, 0.6) is 0 Å². The monoisotopic (exact) mass is 499 g/mol. The summed E-state index contributed by atoms with van der Waals surface area (Å²) in [6.07, 6.45) is 0. The summed E-state index contributed by atoms with van der Waals surface area (Å²) in [5.74, 6) is 1.89. The van der Waals surface area contributed by atoms with Crippen molar-refractivity contribution in [3.05, 3.63) is 127 Å². The molecule has 0 bridgehead atoms. The van der Waals surface area contributed by atoms with Crippen LogP contribution in [-0.4, -0.2) is 15.0 Å². The Labute approximate surface area is 224 Å². The van der Waals surface area contributed by atoms with Crippen molar-refractivity contribution in [2.45, 2.75) is 0 Å². The second-order valence-corrected chi connectivity index (χ2v) is 9.70. The quantitative estimate of drug-likeness (QED) is 0.243. The van der Waals surface area contributed by atoms with Crippen molar-refractivity contribution < 1.29 is 4.42 Å². The van der Waals surface area contributed by atoms with Gasteiger partial charge in [0.25, 0.3) is 0 Å². The molecule has 0 spiro atoms. The fraction of sp³-hybridized carbons (Fsp3) is 0. The Hall–Kier alpha value is -5.35. The van der Waals surface area contributed by atoms with Gasteiger partial charge in [-0.3, -0.25) is 0 Å². The van der Waals surface area contributed by atoms with Gasteiger partial charge in [0.1, 0.15) is 11.2 Å². The van der Waals surface area contributed by atoms with Crippen LogP contribution in [0.1, 0.15) is 0 Å². The molecule has 0 unspecified atom stereocenters. The molecular weight excluding hydrogens is 478 g/mol. The lowest BCUT2D eigenvalue weighted by atomic mass is 10.0. The molecule has 8 aromatic rings. The largest absolute Gasteiger partial charge is 0.456 e. The summed E-state index contributed by atoms with van der Waals surface area (Å²) >= 11 is 0. The summed E-state index contributed by atoms with van der Waals surface area (Å²) in [7, 11) is 0. The smallest absolute Gasteiger partial charge is 0.164 e. The molecular formula is C35H21N3O. The molecule has 0 saturated heterocycles. The topological polar surface area (TPSA) is 51.8 Å². The Kier molecular flexibility index (Phi) is 4.79.